The minimum atomic E-state index is -0.430. The second-order valence-electron chi connectivity index (χ2n) is 7.69. The van der Waals surface area contributed by atoms with Gasteiger partial charge in [0.1, 0.15) is 5.60 Å². The van der Waals surface area contributed by atoms with Gasteiger partial charge < -0.3 is 9.64 Å². The molecule has 1 saturated heterocycles. The number of rotatable bonds is 3. The Morgan fingerprint density at radius 1 is 1.35 bits per heavy atom. The molecule has 5 nitrogen and oxygen atoms in total. The van der Waals surface area contributed by atoms with Crippen molar-refractivity contribution in [3.8, 4) is 0 Å². The van der Waals surface area contributed by atoms with Crippen LogP contribution in [0.5, 0.6) is 0 Å². The van der Waals surface area contributed by atoms with E-state index in [-0.39, 0.29) is 6.09 Å². The number of likely N-dealkylation sites (tertiary alicyclic amines) is 1. The van der Waals surface area contributed by atoms with E-state index in [0.717, 1.165) is 38.0 Å². The van der Waals surface area contributed by atoms with Crippen molar-refractivity contribution < 1.29 is 9.53 Å². The van der Waals surface area contributed by atoms with E-state index in [1.54, 1.807) is 0 Å². The first kappa shape index (κ1) is 17.8. The molecule has 0 saturated carbocycles. The van der Waals surface area contributed by atoms with Crippen molar-refractivity contribution in [2.45, 2.75) is 78.4 Å². The summed E-state index contributed by atoms with van der Waals surface area (Å²) in [5.41, 5.74) is 2.05. The molecular weight excluding hydrogens is 290 g/mol. The van der Waals surface area contributed by atoms with Crippen molar-refractivity contribution in [2.24, 2.45) is 0 Å². The lowest BCUT2D eigenvalue weighted by Gasteiger charge is -2.33. The Balaban J connectivity index is 2.02. The standard InChI is InChI=1S/C18H31N3O2/c1-7-15-12-16(21(19-15)13(2)3)14-8-10-20(11-9-14)17(22)23-18(4,5)6/h12-14H,7-11H2,1-6H3. The summed E-state index contributed by atoms with van der Waals surface area (Å²) in [6.45, 7) is 13.7. The molecule has 0 aliphatic carbocycles. The van der Waals surface area contributed by atoms with Gasteiger partial charge in [0.25, 0.3) is 0 Å². The average Bonchev–Trinajstić information content (AvgIpc) is 2.90. The van der Waals surface area contributed by atoms with Crippen LogP contribution in [0.15, 0.2) is 6.07 Å². The van der Waals surface area contributed by atoms with Gasteiger partial charge in [0, 0.05) is 30.7 Å². The number of aryl methyl sites for hydroxylation is 1. The molecule has 2 heterocycles. The van der Waals surface area contributed by atoms with Gasteiger partial charge in [0.15, 0.2) is 0 Å². The minimum Gasteiger partial charge on any atom is -0.444 e. The highest BCUT2D eigenvalue weighted by atomic mass is 16.6. The van der Waals surface area contributed by atoms with Crippen LogP contribution in [-0.2, 0) is 11.2 Å². The van der Waals surface area contributed by atoms with Crippen molar-refractivity contribution >= 4 is 6.09 Å². The van der Waals surface area contributed by atoms with Crippen molar-refractivity contribution in [3.05, 3.63) is 17.5 Å². The molecule has 2 rings (SSSR count). The molecular formula is C18H31N3O2. The monoisotopic (exact) mass is 321 g/mol. The van der Waals surface area contributed by atoms with Gasteiger partial charge in [-0.1, -0.05) is 6.92 Å². The number of carbonyl (C=O) groups is 1. The SMILES string of the molecule is CCc1cc(C2CCN(C(=O)OC(C)(C)C)CC2)n(C(C)C)n1. The molecule has 23 heavy (non-hydrogen) atoms. The number of piperidine rings is 1. The quantitative estimate of drug-likeness (QED) is 0.840. The zero-order valence-electron chi connectivity index (χ0n) is 15.4. The topological polar surface area (TPSA) is 47.4 Å². The number of aromatic nitrogens is 2. The smallest absolute Gasteiger partial charge is 0.410 e. The number of ether oxygens (including phenoxy) is 1. The Morgan fingerprint density at radius 3 is 2.43 bits per heavy atom. The first-order valence-corrected chi connectivity index (χ1v) is 8.77. The van der Waals surface area contributed by atoms with Crippen LogP contribution in [0.4, 0.5) is 4.79 Å². The Bertz CT molecular complexity index is 535. The summed E-state index contributed by atoms with van der Waals surface area (Å²) in [6.07, 6.45) is 2.72. The minimum absolute atomic E-state index is 0.192. The van der Waals surface area contributed by atoms with Crippen molar-refractivity contribution in [1.29, 1.82) is 0 Å². The number of carbonyl (C=O) groups excluding carboxylic acids is 1. The fraction of sp³-hybridized carbons (Fsp3) is 0.778. The molecule has 1 aromatic heterocycles. The molecule has 0 radical (unpaired) electrons. The second-order valence-corrected chi connectivity index (χ2v) is 7.69. The third-order valence-electron chi connectivity index (χ3n) is 4.23. The Labute approximate surface area is 140 Å². The summed E-state index contributed by atoms with van der Waals surface area (Å²) in [6, 6.07) is 2.61. The van der Waals surface area contributed by atoms with Crippen LogP contribution in [0.25, 0.3) is 0 Å². The fourth-order valence-corrected chi connectivity index (χ4v) is 3.04. The van der Waals surface area contributed by atoms with E-state index in [4.69, 9.17) is 9.84 Å². The van der Waals surface area contributed by atoms with Crippen LogP contribution < -0.4 is 0 Å². The Morgan fingerprint density at radius 2 is 1.96 bits per heavy atom. The van der Waals surface area contributed by atoms with E-state index < -0.39 is 5.60 Å². The molecule has 0 atom stereocenters. The zero-order chi connectivity index (χ0) is 17.2. The lowest BCUT2D eigenvalue weighted by molar-refractivity contribution is 0.0203. The molecule has 0 N–H and O–H groups in total. The highest BCUT2D eigenvalue weighted by molar-refractivity contribution is 5.68. The van der Waals surface area contributed by atoms with Gasteiger partial charge in [-0.2, -0.15) is 5.10 Å². The first-order valence-electron chi connectivity index (χ1n) is 8.77. The van der Waals surface area contributed by atoms with Crippen LogP contribution >= 0.6 is 0 Å². The van der Waals surface area contributed by atoms with Gasteiger partial charge in [-0.25, -0.2) is 4.79 Å². The van der Waals surface area contributed by atoms with E-state index in [2.05, 4.69) is 31.5 Å². The fourth-order valence-electron chi connectivity index (χ4n) is 3.04. The molecule has 130 valence electrons. The number of hydrogen-bond acceptors (Lipinski definition) is 3. The normalized spacial score (nSPS) is 16.9. The molecule has 1 aromatic rings. The Kier molecular flexibility index (Phi) is 5.37. The van der Waals surface area contributed by atoms with E-state index >= 15 is 0 Å². The molecule has 1 aliphatic rings. The summed E-state index contributed by atoms with van der Waals surface area (Å²) in [4.78, 5) is 14.0. The third kappa shape index (κ3) is 4.49. The third-order valence-corrected chi connectivity index (χ3v) is 4.23. The number of hydrogen-bond donors (Lipinski definition) is 0. The van der Waals surface area contributed by atoms with Crippen LogP contribution in [-0.4, -0.2) is 39.5 Å². The molecule has 0 aromatic carbocycles. The molecule has 1 fully saturated rings. The van der Waals surface area contributed by atoms with Gasteiger partial charge in [0.05, 0.1) is 5.69 Å². The molecule has 1 amide bonds. The highest BCUT2D eigenvalue weighted by Gasteiger charge is 2.29. The first-order chi connectivity index (χ1) is 10.7. The van der Waals surface area contributed by atoms with E-state index in [0.29, 0.717) is 12.0 Å². The summed E-state index contributed by atoms with van der Waals surface area (Å²) < 4.78 is 7.63. The average molecular weight is 321 g/mol. The molecule has 1 aliphatic heterocycles. The summed E-state index contributed by atoms with van der Waals surface area (Å²) >= 11 is 0. The van der Waals surface area contributed by atoms with Crippen molar-refractivity contribution in [2.75, 3.05) is 13.1 Å². The van der Waals surface area contributed by atoms with Crippen molar-refractivity contribution in [3.63, 3.8) is 0 Å². The van der Waals surface area contributed by atoms with Crippen LogP contribution in [0.2, 0.25) is 0 Å². The maximum Gasteiger partial charge on any atom is 0.410 e. The van der Waals surface area contributed by atoms with E-state index in [1.165, 1.54) is 5.69 Å². The van der Waals surface area contributed by atoms with Gasteiger partial charge in [-0.05, 0) is 59.9 Å². The lowest BCUT2D eigenvalue weighted by Crippen LogP contribution is -2.41. The number of amides is 1. The summed E-state index contributed by atoms with van der Waals surface area (Å²) in [7, 11) is 0. The maximum atomic E-state index is 12.2. The maximum absolute atomic E-state index is 12.2. The highest BCUT2D eigenvalue weighted by Crippen LogP contribution is 2.30. The van der Waals surface area contributed by atoms with Crippen molar-refractivity contribution in [1.82, 2.24) is 14.7 Å². The summed E-state index contributed by atoms with van der Waals surface area (Å²) in [5.74, 6) is 0.476. The van der Waals surface area contributed by atoms with Gasteiger partial charge in [-0.15, -0.1) is 0 Å². The van der Waals surface area contributed by atoms with Crippen LogP contribution in [0.3, 0.4) is 0 Å². The predicted octanol–water partition coefficient (Wildman–Crippen LogP) is 4.14. The van der Waals surface area contributed by atoms with Gasteiger partial charge in [-0.3, -0.25) is 4.68 Å². The lowest BCUT2D eigenvalue weighted by atomic mass is 9.93. The van der Waals surface area contributed by atoms with Gasteiger partial charge in [0.2, 0.25) is 0 Å². The molecule has 0 spiro atoms. The molecule has 0 bridgehead atoms. The van der Waals surface area contributed by atoms with E-state index in [9.17, 15) is 4.79 Å². The van der Waals surface area contributed by atoms with Crippen LogP contribution in [0, 0.1) is 0 Å². The Hall–Kier alpha value is -1.52. The largest absolute Gasteiger partial charge is 0.444 e. The van der Waals surface area contributed by atoms with Crippen LogP contribution in [0.1, 0.15) is 77.7 Å². The molecule has 0 unspecified atom stereocenters. The summed E-state index contributed by atoms with van der Waals surface area (Å²) in [5, 5.41) is 4.72. The zero-order valence-corrected chi connectivity index (χ0v) is 15.4. The predicted molar refractivity (Wildman–Crippen MR) is 91.8 cm³/mol. The number of nitrogens with zero attached hydrogens (tertiary/aromatic N) is 3. The van der Waals surface area contributed by atoms with Gasteiger partial charge >= 0.3 is 6.09 Å². The second kappa shape index (κ2) is 6.93. The van der Waals surface area contributed by atoms with E-state index in [1.807, 2.05) is 25.7 Å². The molecule has 5 heteroatoms.